The van der Waals surface area contributed by atoms with Gasteiger partial charge in [0.25, 0.3) is 5.91 Å². The molecule has 0 saturated heterocycles. The van der Waals surface area contributed by atoms with E-state index in [2.05, 4.69) is 10.3 Å². The first-order chi connectivity index (χ1) is 16.5. The molecule has 0 atom stereocenters. The Bertz CT molecular complexity index is 1190. The number of carbonyl (C=O) groups excluding carboxylic acids is 2. The van der Waals surface area contributed by atoms with Gasteiger partial charge in [0, 0.05) is 16.5 Å². The van der Waals surface area contributed by atoms with E-state index in [9.17, 15) is 14.0 Å². The number of hydrogen-bond donors (Lipinski definition) is 1. The van der Waals surface area contributed by atoms with Crippen LogP contribution in [-0.4, -0.2) is 37.7 Å². The highest BCUT2D eigenvalue weighted by atomic mass is 32.1. The van der Waals surface area contributed by atoms with Crippen LogP contribution in [0.25, 0.3) is 11.3 Å². The lowest BCUT2D eigenvalue weighted by atomic mass is 9.78. The van der Waals surface area contributed by atoms with Crippen molar-refractivity contribution in [3.05, 3.63) is 59.2 Å². The van der Waals surface area contributed by atoms with Gasteiger partial charge >= 0.3 is 5.97 Å². The van der Waals surface area contributed by atoms with Crippen LogP contribution in [0, 0.1) is 5.82 Å². The van der Waals surface area contributed by atoms with Crippen molar-refractivity contribution in [2.75, 3.05) is 26.1 Å². The second-order valence-corrected chi connectivity index (χ2v) is 8.86. The topological polar surface area (TPSA) is 86.8 Å². The maximum absolute atomic E-state index is 14.5. The minimum atomic E-state index is -1.05. The fourth-order valence-corrected chi connectivity index (χ4v) is 5.03. The van der Waals surface area contributed by atoms with Crippen LogP contribution in [0.1, 0.15) is 31.2 Å². The van der Waals surface area contributed by atoms with E-state index in [0.717, 1.165) is 18.4 Å². The number of methoxy groups -OCH3 is 2. The van der Waals surface area contributed by atoms with Crippen LogP contribution in [0.3, 0.4) is 0 Å². The lowest BCUT2D eigenvalue weighted by Crippen LogP contribution is -2.37. The van der Waals surface area contributed by atoms with Crippen LogP contribution in [0.15, 0.2) is 47.8 Å². The number of nitrogens with one attached hydrogen (secondary N) is 1. The molecule has 3 aromatic rings. The first kappa shape index (κ1) is 23.7. The van der Waals surface area contributed by atoms with Gasteiger partial charge in [0.2, 0.25) is 0 Å². The SMILES string of the molecule is COc1ccc(-c2csc(NC(=O)COC(=O)C3(c4ccccc4F)CCCC3)n2)cc1OC. The molecule has 0 aliphatic heterocycles. The second kappa shape index (κ2) is 10.2. The molecule has 1 N–H and O–H groups in total. The minimum Gasteiger partial charge on any atom is -0.493 e. The quantitative estimate of drug-likeness (QED) is 0.455. The molecule has 1 saturated carbocycles. The monoisotopic (exact) mass is 484 g/mol. The Hall–Kier alpha value is -3.46. The Labute approximate surface area is 200 Å². The molecule has 1 aromatic heterocycles. The van der Waals surface area contributed by atoms with Gasteiger partial charge in [0.05, 0.1) is 25.3 Å². The molecule has 7 nitrogen and oxygen atoms in total. The van der Waals surface area contributed by atoms with Crippen LogP contribution in [0.5, 0.6) is 11.5 Å². The number of thiazole rings is 1. The predicted molar refractivity (Wildman–Crippen MR) is 127 cm³/mol. The maximum Gasteiger partial charge on any atom is 0.317 e. The Morgan fingerprint density at radius 2 is 1.82 bits per heavy atom. The molecule has 1 aliphatic rings. The van der Waals surface area contributed by atoms with Crippen molar-refractivity contribution in [3.63, 3.8) is 0 Å². The largest absolute Gasteiger partial charge is 0.493 e. The number of halogens is 1. The Kier molecular flexibility index (Phi) is 7.12. The first-order valence-electron chi connectivity index (χ1n) is 10.9. The summed E-state index contributed by atoms with van der Waals surface area (Å²) in [5.41, 5.74) is 0.738. The van der Waals surface area contributed by atoms with Crippen LogP contribution >= 0.6 is 11.3 Å². The van der Waals surface area contributed by atoms with Crippen LogP contribution in [0.4, 0.5) is 9.52 Å². The van der Waals surface area contributed by atoms with E-state index in [1.807, 2.05) is 6.07 Å². The zero-order chi connectivity index (χ0) is 24.1. The van der Waals surface area contributed by atoms with Gasteiger partial charge in [-0.05, 0) is 37.1 Å². The number of hydrogen-bond acceptors (Lipinski definition) is 7. The lowest BCUT2D eigenvalue weighted by Gasteiger charge is -2.27. The summed E-state index contributed by atoms with van der Waals surface area (Å²) in [6, 6.07) is 11.7. The molecule has 1 fully saturated rings. The third kappa shape index (κ3) is 4.75. The number of benzene rings is 2. The average Bonchev–Trinajstić information content (AvgIpc) is 3.53. The van der Waals surface area contributed by atoms with Gasteiger partial charge in [-0.3, -0.25) is 14.9 Å². The number of rotatable bonds is 8. The van der Waals surface area contributed by atoms with Crippen LogP contribution in [-0.2, 0) is 19.7 Å². The minimum absolute atomic E-state index is 0.331. The molecule has 0 unspecified atom stereocenters. The predicted octanol–water partition coefficient (Wildman–Crippen LogP) is 4.96. The van der Waals surface area contributed by atoms with Crippen molar-refractivity contribution in [2.24, 2.45) is 0 Å². The summed E-state index contributed by atoms with van der Waals surface area (Å²) in [6.45, 7) is -0.472. The molecule has 0 spiro atoms. The summed E-state index contributed by atoms with van der Waals surface area (Å²) in [5.74, 6) is -0.344. The Morgan fingerprint density at radius 1 is 1.09 bits per heavy atom. The number of nitrogens with zero attached hydrogens (tertiary/aromatic N) is 1. The molecular formula is C25H25FN2O5S. The van der Waals surface area contributed by atoms with Gasteiger partial charge in [0.15, 0.2) is 23.2 Å². The third-order valence-electron chi connectivity index (χ3n) is 6.00. The average molecular weight is 485 g/mol. The molecule has 0 radical (unpaired) electrons. The molecule has 0 bridgehead atoms. The normalized spacial score (nSPS) is 14.4. The number of anilines is 1. The lowest BCUT2D eigenvalue weighted by molar-refractivity contribution is -0.153. The summed E-state index contributed by atoms with van der Waals surface area (Å²) in [5, 5.41) is 4.83. The van der Waals surface area contributed by atoms with Crippen molar-refractivity contribution in [3.8, 4) is 22.8 Å². The van der Waals surface area contributed by atoms with E-state index < -0.39 is 29.7 Å². The van der Waals surface area contributed by atoms with E-state index in [1.54, 1.807) is 49.9 Å². The molecule has 1 amide bonds. The number of aromatic nitrogens is 1. The Balaban J connectivity index is 1.40. The number of ether oxygens (including phenoxy) is 3. The second-order valence-electron chi connectivity index (χ2n) is 8.00. The summed E-state index contributed by atoms with van der Waals surface area (Å²) in [6.07, 6.45) is 2.59. The summed E-state index contributed by atoms with van der Waals surface area (Å²) in [4.78, 5) is 29.8. The van der Waals surface area contributed by atoms with E-state index in [1.165, 1.54) is 17.4 Å². The highest BCUT2D eigenvalue weighted by Gasteiger charge is 2.46. The van der Waals surface area contributed by atoms with E-state index in [-0.39, 0.29) is 0 Å². The molecule has 4 rings (SSSR count). The zero-order valence-electron chi connectivity index (χ0n) is 18.9. The maximum atomic E-state index is 14.5. The standard InChI is InChI=1S/C25H25FN2O5S/c1-31-20-10-9-16(13-21(20)32-2)19-15-34-24(27-19)28-22(29)14-33-23(30)25(11-5-6-12-25)17-7-3-4-8-18(17)26/h3-4,7-10,13,15H,5-6,11-12,14H2,1-2H3,(H,27,28,29). The highest BCUT2D eigenvalue weighted by molar-refractivity contribution is 7.14. The van der Waals surface area contributed by atoms with Crippen molar-refractivity contribution in [1.29, 1.82) is 0 Å². The summed E-state index contributed by atoms with van der Waals surface area (Å²) in [7, 11) is 3.11. The molecule has 2 aromatic carbocycles. The summed E-state index contributed by atoms with van der Waals surface area (Å²) >= 11 is 1.25. The highest BCUT2D eigenvalue weighted by Crippen LogP contribution is 2.43. The van der Waals surface area contributed by atoms with Gasteiger partial charge in [-0.1, -0.05) is 31.0 Å². The van der Waals surface area contributed by atoms with Gasteiger partial charge in [-0.25, -0.2) is 9.37 Å². The van der Waals surface area contributed by atoms with E-state index >= 15 is 0 Å². The van der Waals surface area contributed by atoms with Crippen molar-refractivity contribution < 1.29 is 28.2 Å². The summed E-state index contributed by atoms with van der Waals surface area (Å²) < 4.78 is 30.4. The van der Waals surface area contributed by atoms with Crippen LogP contribution in [0.2, 0.25) is 0 Å². The van der Waals surface area contributed by atoms with Crippen molar-refractivity contribution in [2.45, 2.75) is 31.1 Å². The van der Waals surface area contributed by atoms with E-state index in [4.69, 9.17) is 14.2 Å². The van der Waals surface area contributed by atoms with Gasteiger partial charge in [-0.15, -0.1) is 11.3 Å². The smallest absolute Gasteiger partial charge is 0.317 e. The van der Waals surface area contributed by atoms with Crippen LogP contribution < -0.4 is 14.8 Å². The molecule has 34 heavy (non-hydrogen) atoms. The fourth-order valence-electron chi connectivity index (χ4n) is 4.30. The fraction of sp³-hybridized carbons (Fsp3) is 0.320. The number of carbonyl (C=O) groups is 2. The molecule has 1 heterocycles. The van der Waals surface area contributed by atoms with Gasteiger partial charge < -0.3 is 14.2 Å². The molecular weight excluding hydrogens is 459 g/mol. The molecule has 1 aliphatic carbocycles. The number of esters is 1. The van der Waals surface area contributed by atoms with Crippen molar-refractivity contribution >= 4 is 28.3 Å². The zero-order valence-corrected chi connectivity index (χ0v) is 19.7. The Morgan fingerprint density at radius 3 is 2.53 bits per heavy atom. The van der Waals surface area contributed by atoms with E-state index in [0.29, 0.717) is 40.7 Å². The van der Waals surface area contributed by atoms with Crippen molar-refractivity contribution in [1.82, 2.24) is 4.98 Å². The van der Waals surface area contributed by atoms with Gasteiger partial charge in [-0.2, -0.15) is 0 Å². The molecule has 178 valence electrons. The third-order valence-corrected chi connectivity index (χ3v) is 6.76. The number of amides is 1. The molecule has 9 heteroatoms. The first-order valence-corrected chi connectivity index (χ1v) is 11.7. The van der Waals surface area contributed by atoms with Gasteiger partial charge in [0.1, 0.15) is 5.82 Å².